The predicted molar refractivity (Wildman–Crippen MR) is 48.0 cm³/mol. The van der Waals surface area contributed by atoms with Gasteiger partial charge in [0, 0.05) is 6.04 Å². The minimum atomic E-state index is -1.66. The molecule has 0 spiro atoms. The highest BCUT2D eigenvalue weighted by atomic mass is 16.6. The minimum absolute atomic E-state index is 0.649. The van der Waals surface area contributed by atoms with E-state index in [9.17, 15) is 20.1 Å². The van der Waals surface area contributed by atoms with Crippen LogP contribution in [-0.2, 0) is 9.53 Å². The van der Waals surface area contributed by atoms with Crippen LogP contribution in [0.1, 0.15) is 6.92 Å². The molecular weight excluding hydrogens is 206 g/mol. The Kier molecular flexibility index (Phi) is 3.63. The lowest BCUT2D eigenvalue weighted by Gasteiger charge is -2.40. The van der Waals surface area contributed by atoms with Gasteiger partial charge in [0.2, 0.25) is 0 Å². The quantitative estimate of drug-likeness (QED) is 0.342. The van der Waals surface area contributed by atoms with Crippen molar-refractivity contribution in [3.8, 4) is 0 Å². The Morgan fingerprint density at radius 2 is 1.80 bits per heavy atom. The molecule has 15 heavy (non-hydrogen) atoms. The van der Waals surface area contributed by atoms with E-state index in [0.717, 1.165) is 0 Å². The minimum Gasteiger partial charge on any atom is -0.479 e. The zero-order valence-electron chi connectivity index (χ0n) is 8.15. The van der Waals surface area contributed by atoms with Crippen LogP contribution in [0.15, 0.2) is 0 Å². The number of carboxylic acid groups (broad SMARTS) is 1. The molecule has 7 heteroatoms. The van der Waals surface area contributed by atoms with Crippen LogP contribution in [0, 0.1) is 0 Å². The van der Waals surface area contributed by atoms with Crippen molar-refractivity contribution < 1.29 is 30.0 Å². The average Bonchev–Trinajstić information content (AvgIpc) is 2.13. The van der Waals surface area contributed by atoms with Gasteiger partial charge in [-0.25, -0.2) is 4.79 Å². The van der Waals surface area contributed by atoms with Crippen molar-refractivity contribution in [2.24, 2.45) is 5.73 Å². The van der Waals surface area contributed by atoms with Crippen molar-refractivity contribution in [3.05, 3.63) is 0 Å². The van der Waals surface area contributed by atoms with E-state index in [1.807, 2.05) is 0 Å². The Labute approximate surface area is 86.1 Å². The fourth-order valence-electron chi connectivity index (χ4n) is 1.54. The number of nitrogens with two attached hydrogens (primary N) is 1. The number of hydrogen-bond acceptors (Lipinski definition) is 6. The lowest BCUT2D eigenvalue weighted by Crippen LogP contribution is -2.63. The first-order valence-electron chi connectivity index (χ1n) is 4.54. The lowest BCUT2D eigenvalue weighted by molar-refractivity contribution is -0.230. The summed E-state index contributed by atoms with van der Waals surface area (Å²) in [6.07, 6.45) is -7.21. The summed E-state index contributed by atoms with van der Waals surface area (Å²) in [5.41, 5.74) is 5.46. The molecule has 0 aromatic carbocycles. The van der Waals surface area contributed by atoms with Gasteiger partial charge in [-0.15, -0.1) is 0 Å². The molecule has 1 saturated heterocycles. The normalized spacial score (nSPS) is 43.7. The molecule has 0 aliphatic carbocycles. The fourth-order valence-corrected chi connectivity index (χ4v) is 1.54. The standard InChI is InChI=1S/C8H15NO6/c1-2(9)6-4(11)3(10)5(12)7(15-6)8(13)14/h2-7,10-12H,9H2,1H3,(H,13,14)/t2-,3+,4+,5-,6-,7-/m0/s1. The van der Waals surface area contributed by atoms with Crippen LogP contribution >= 0.6 is 0 Å². The highest BCUT2D eigenvalue weighted by Crippen LogP contribution is 2.22. The van der Waals surface area contributed by atoms with E-state index in [1.54, 1.807) is 0 Å². The van der Waals surface area contributed by atoms with E-state index >= 15 is 0 Å². The van der Waals surface area contributed by atoms with E-state index < -0.39 is 42.5 Å². The molecule has 0 aromatic heterocycles. The number of carboxylic acids is 1. The van der Waals surface area contributed by atoms with Crippen LogP contribution in [0.5, 0.6) is 0 Å². The summed E-state index contributed by atoms with van der Waals surface area (Å²) in [5, 5.41) is 36.9. The van der Waals surface area contributed by atoms with E-state index in [2.05, 4.69) is 0 Å². The molecule has 0 bridgehead atoms. The van der Waals surface area contributed by atoms with Crippen molar-refractivity contribution >= 4 is 5.97 Å². The fraction of sp³-hybridized carbons (Fsp3) is 0.875. The predicted octanol–water partition coefficient (Wildman–Crippen LogP) is -2.73. The lowest BCUT2D eigenvalue weighted by atomic mass is 9.92. The second kappa shape index (κ2) is 4.42. The Morgan fingerprint density at radius 1 is 1.27 bits per heavy atom. The number of hydrogen-bond donors (Lipinski definition) is 5. The molecular formula is C8H15NO6. The first-order chi connectivity index (χ1) is 6.86. The van der Waals surface area contributed by atoms with Gasteiger partial charge in [-0.05, 0) is 6.92 Å². The summed E-state index contributed by atoms with van der Waals surface area (Å²) < 4.78 is 4.92. The Morgan fingerprint density at radius 3 is 2.20 bits per heavy atom. The highest BCUT2D eigenvalue weighted by Gasteiger charge is 2.47. The van der Waals surface area contributed by atoms with Gasteiger partial charge >= 0.3 is 5.97 Å². The van der Waals surface area contributed by atoms with Crippen LogP contribution in [0.25, 0.3) is 0 Å². The number of aliphatic carboxylic acids is 1. The van der Waals surface area contributed by atoms with Crippen LogP contribution in [-0.4, -0.2) is 63.0 Å². The number of rotatable bonds is 2. The molecule has 0 aromatic rings. The highest BCUT2D eigenvalue weighted by molar-refractivity contribution is 5.73. The molecule has 0 unspecified atom stereocenters. The second-order valence-corrected chi connectivity index (χ2v) is 3.69. The Balaban J connectivity index is 2.85. The summed E-state index contributed by atoms with van der Waals surface area (Å²) in [5.74, 6) is -1.40. The third-order valence-corrected chi connectivity index (χ3v) is 2.41. The number of aliphatic hydroxyl groups is 3. The van der Waals surface area contributed by atoms with Gasteiger partial charge in [0.05, 0.1) is 0 Å². The Hall–Kier alpha value is -0.730. The molecule has 1 aliphatic rings. The van der Waals surface area contributed by atoms with Crippen molar-refractivity contribution in [3.63, 3.8) is 0 Å². The average molecular weight is 221 g/mol. The van der Waals surface area contributed by atoms with Crippen molar-refractivity contribution in [1.82, 2.24) is 0 Å². The van der Waals surface area contributed by atoms with Crippen LogP contribution < -0.4 is 5.73 Å². The third-order valence-electron chi connectivity index (χ3n) is 2.41. The molecule has 6 N–H and O–H groups in total. The van der Waals surface area contributed by atoms with Crippen molar-refractivity contribution in [1.29, 1.82) is 0 Å². The molecule has 88 valence electrons. The maximum Gasteiger partial charge on any atom is 0.335 e. The number of ether oxygens (including phenoxy) is 1. The van der Waals surface area contributed by atoms with Crippen LogP contribution in [0.2, 0.25) is 0 Å². The van der Waals surface area contributed by atoms with Gasteiger partial charge in [0.1, 0.15) is 24.4 Å². The monoisotopic (exact) mass is 221 g/mol. The zero-order valence-corrected chi connectivity index (χ0v) is 8.15. The van der Waals surface area contributed by atoms with Gasteiger partial charge in [0.15, 0.2) is 6.10 Å². The van der Waals surface area contributed by atoms with Crippen LogP contribution in [0.4, 0.5) is 0 Å². The SMILES string of the molecule is C[C@H](N)[C@@H]1O[C@H](C(=O)O)[C@@H](O)[C@H](O)[C@H]1O. The number of carbonyl (C=O) groups is 1. The first kappa shape index (κ1) is 12.3. The molecule has 6 atom stereocenters. The molecule has 0 radical (unpaired) electrons. The van der Waals surface area contributed by atoms with E-state index in [0.29, 0.717) is 0 Å². The summed E-state index contributed by atoms with van der Waals surface area (Å²) >= 11 is 0. The zero-order chi connectivity index (χ0) is 11.7. The largest absolute Gasteiger partial charge is 0.479 e. The summed E-state index contributed by atoms with van der Waals surface area (Å²) in [4.78, 5) is 10.7. The molecule has 7 nitrogen and oxygen atoms in total. The Bertz CT molecular complexity index is 245. The summed E-state index contributed by atoms with van der Waals surface area (Å²) in [6.45, 7) is 1.51. The van der Waals surface area contributed by atoms with Gasteiger partial charge in [-0.2, -0.15) is 0 Å². The number of aliphatic hydroxyl groups excluding tert-OH is 3. The molecule has 1 fully saturated rings. The van der Waals surface area contributed by atoms with E-state index in [-0.39, 0.29) is 0 Å². The smallest absolute Gasteiger partial charge is 0.335 e. The van der Waals surface area contributed by atoms with Gasteiger partial charge < -0.3 is 30.9 Å². The second-order valence-electron chi connectivity index (χ2n) is 3.69. The summed E-state index contributed by atoms with van der Waals surface area (Å²) in [6, 6.07) is -0.649. The molecule has 1 heterocycles. The van der Waals surface area contributed by atoms with Crippen molar-refractivity contribution in [2.75, 3.05) is 0 Å². The van der Waals surface area contributed by atoms with Crippen molar-refractivity contribution in [2.45, 2.75) is 43.5 Å². The molecule has 0 saturated carbocycles. The van der Waals surface area contributed by atoms with E-state index in [4.69, 9.17) is 15.6 Å². The molecule has 1 rings (SSSR count). The van der Waals surface area contributed by atoms with Gasteiger partial charge in [0.25, 0.3) is 0 Å². The maximum absolute atomic E-state index is 10.7. The maximum atomic E-state index is 10.7. The first-order valence-corrected chi connectivity index (χ1v) is 4.54. The molecule has 0 amide bonds. The van der Waals surface area contributed by atoms with Crippen LogP contribution in [0.3, 0.4) is 0 Å². The molecule has 1 aliphatic heterocycles. The van der Waals surface area contributed by atoms with E-state index in [1.165, 1.54) is 6.92 Å². The topological polar surface area (TPSA) is 133 Å². The summed E-state index contributed by atoms with van der Waals surface area (Å²) in [7, 11) is 0. The third kappa shape index (κ3) is 2.27. The van der Waals surface area contributed by atoms with Gasteiger partial charge in [-0.1, -0.05) is 0 Å². The van der Waals surface area contributed by atoms with Gasteiger partial charge in [-0.3, -0.25) is 0 Å².